The summed E-state index contributed by atoms with van der Waals surface area (Å²) in [6.45, 7) is 0. The van der Waals surface area contributed by atoms with Gasteiger partial charge in [0.15, 0.2) is 0 Å². The van der Waals surface area contributed by atoms with Crippen molar-refractivity contribution in [1.82, 2.24) is 39.9 Å². The topological polar surface area (TPSA) is 266 Å². The largest absolute Gasteiger partial charge is 4.00 e. The maximum atomic E-state index is 11.6. The van der Waals surface area contributed by atoms with Gasteiger partial charge in [-0.3, -0.25) is 0 Å². The van der Waals surface area contributed by atoms with Gasteiger partial charge in [-0.05, 0) is 44.5 Å². The van der Waals surface area contributed by atoms with Crippen LogP contribution in [0.3, 0.4) is 0 Å². The molecular formula is C42H20N8O8S2Ti-2. The Labute approximate surface area is 359 Å². The van der Waals surface area contributed by atoms with Crippen LogP contribution in [0.4, 0.5) is 0 Å². The van der Waals surface area contributed by atoms with Crippen LogP contribution in [0.15, 0.2) is 131 Å². The Kier molecular flexibility index (Phi) is 9.50. The first-order chi connectivity index (χ1) is 28.8. The molecule has 16 nitrogen and oxygen atoms in total. The smallest absolute Gasteiger partial charge is 0.872 e. The van der Waals surface area contributed by atoms with E-state index in [1.54, 1.807) is 0 Å². The van der Waals surface area contributed by atoms with E-state index in [4.69, 9.17) is 39.9 Å². The summed E-state index contributed by atoms with van der Waals surface area (Å²) in [5, 5.41) is 25.9. The van der Waals surface area contributed by atoms with Crippen molar-refractivity contribution in [1.29, 1.82) is 0 Å². The van der Waals surface area contributed by atoms with Crippen molar-refractivity contribution in [2.24, 2.45) is 0 Å². The molecule has 0 saturated carbocycles. The van der Waals surface area contributed by atoms with Crippen molar-refractivity contribution in [2.75, 3.05) is 0 Å². The summed E-state index contributed by atoms with van der Waals surface area (Å²) in [6.07, 6.45) is 0. The Morgan fingerprint density at radius 1 is 0.410 bits per heavy atom. The fourth-order valence-electron chi connectivity index (χ4n) is 7.13. The zero-order chi connectivity index (χ0) is 41.5. The van der Waals surface area contributed by atoms with E-state index in [0.29, 0.717) is 70.2 Å². The van der Waals surface area contributed by atoms with Gasteiger partial charge < -0.3 is 49.2 Å². The molecule has 19 heteroatoms. The molecule has 0 saturated heterocycles. The summed E-state index contributed by atoms with van der Waals surface area (Å²) >= 11 is 0. The number of hydrogen-bond donors (Lipinski definition) is 0. The van der Waals surface area contributed by atoms with Crippen LogP contribution in [-0.4, -0.2) is 55.8 Å². The predicted octanol–water partition coefficient (Wildman–Crippen LogP) is 4.92. The van der Waals surface area contributed by atoms with Crippen LogP contribution in [0.1, 0.15) is 0 Å². The van der Waals surface area contributed by atoms with E-state index < -0.39 is 52.3 Å². The quantitative estimate of drug-likeness (QED) is 0.165. The summed E-state index contributed by atoms with van der Waals surface area (Å²) in [5.41, 5.74) is 5.78. The zero-order valence-electron chi connectivity index (χ0n) is 30.7. The molecule has 0 fully saturated rings. The van der Waals surface area contributed by atoms with Gasteiger partial charge in [0.2, 0.25) is 0 Å². The minimum atomic E-state index is -4.96. The average molecular weight is 877 g/mol. The van der Waals surface area contributed by atoms with E-state index in [0.717, 1.165) is 43.8 Å². The van der Waals surface area contributed by atoms with E-state index in [1.165, 1.54) is 0 Å². The van der Waals surface area contributed by atoms with Crippen LogP contribution in [0, 0.1) is 0 Å². The van der Waals surface area contributed by atoms with E-state index in [1.807, 2.05) is 97.1 Å². The average Bonchev–Trinajstić information content (AvgIpc) is 3.96. The number of aromatic nitrogens is 8. The molecular weight excluding hydrogens is 857 g/mol. The molecule has 6 aromatic carbocycles. The molecule has 11 rings (SSSR count). The first-order valence-corrected chi connectivity index (χ1v) is 20.6. The molecule has 9 aromatic rings. The minimum Gasteiger partial charge on any atom is -0.872 e. The van der Waals surface area contributed by atoms with E-state index >= 15 is 0 Å². The summed E-state index contributed by atoms with van der Waals surface area (Å²) in [4.78, 5) is 37.5. The summed E-state index contributed by atoms with van der Waals surface area (Å²) in [7, 11) is -9.92. The number of nitrogens with zero attached hydrogens (tertiary/aromatic N) is 8. The normalized spacial score (nSPS) is 12.0. The van der Waals surface area contributed by atoms with Gasteiger partial charge in [0.05, 0.1) is 33.1 Å². The number of hydrogen-bond acceptors (Lipinski definition) is 14. The van der Waals surface area contributed by atoms with Crippen molar-refractivity contribution in [3.05, 3.63) is 121 Å². The van der Waals surface area contributed by atoms with Crippen LogP contribution in [0.5, 0.6) is 11.5 Å². The molecule has 0 atom stereocenters. The molecule has 3 aromatic heterocycles. The number of benzene rings is 6. The van der Waals surface area contributed by atoms with Crippen molar-refractivity contribution >= 4 is 75.1 Å². The first-order valence-electron chi connectivity index (χ1n) is 17.8. The fraction of sp³-hybridized carbons (Fsp3) is 0. The molecule has 0 N–H and O–H groups in total. The Balaban J connectivity index is 0.000000193. The van der Waals surface area contributed by atoms with Crippen molar-refractivity contribution in [3.8, 4) is 57.1 Å². The molecule has 0 spiro atoms. The molecule has 0 radical (unpaired) electrons. The molecule has 0 unspecified atom stereocenters. The Morgan fingerprint density at radius 3 is 0.967 bits per heavy atom. The predicted molar refractivity (Wildman–Crippen MR) is 213 cm³/mol. The molecule has 0 aliphatic carbocycles. The molecule has 2 aliphatic rings. The minimum absolute atomic E-state index is 0. The third-order valence-electron chi connectivity index (χ3n) is 9.83. The molecule has 0 amide bonds. The zero-order valence-corrected chi connectivity index (χ0v) is 33.9. The van der Waals surface area contributed by atoms with Crippen LogP contribution in [-0.2, 0) is 42.0 Å². The van der Waals surface area contributed by atoms with Crippen LogP contribution < -0.4 is 20.2 Å². The fourth-order valence-corrected chi connectivity index (χ4v) is 8.18. The van der Waals surface area contributed by atoms with Crippen LogP contribution in [0.2, 0.25) is 0 Å². The SMILES string of the molecule is O=S(=O)([O-])c1cc([O-])c2c([O-])cc(S(=O)(=O)[O-])cc2c1.[Ti+4].c1ccc2c(c1)-c1nc-2nc2[n-]c(nc3nc(nc4[n-]c(n1)c1ccccc41)-c1ccccc1-3)c1ccccc21. The maximum absolute atomic E-state index is 11.6. The number of rotatable bonds is 2. The van der Waals surface area contributed by atoms with E-state index in [9.17, 15) is 36.2 Å². The van der Waals surface area contributed by atoms with Gasteiger partial charge in [-0.25, -0.2) is 26.8 Å². The van der Waals surface area contributed by atoms with Crippen molar-refractivity contribution in [2.45, 2.75) is 9.79 Å². The van der Waals surface area contributed by atoms with Crippen LogP contribution in [0.25, 0.3) is 100 Å². The summed E-state index contributed by atoms with van der Waals surface area (Å²) in [5.74, 6) is 0.119. The maximum Gasteiger partial charge on any atom is 4.00 e. The summed E-state index contributed by atoms with van der Waals surface area (Å²) in [6, 6.07) is 34.1. The third kappa shape index (κ3) is 6.96. The third-order valence-corrected chi connectivity index (χ3v) is 11.5. The second-order valence-electron chi connectivity index (χ2n) is 13.5. The van der Waals surface area contributed by atoms with Crippen molar-refractivity contribution < 1.29 is 57.9 Å². The first kappa shape index (κ1) is 39.5. The molecule has 61 heavy (non-hydrogen) atoms. The van der Waals surface area contributed by atoms with Crippen LogP contribution >= 0.6 is 0 Å². The van der Waals surface area contributed by atoms with Gasteiger partial charge in [-0.2, -0.15) is 0 Å². The molecule has 2 aliphatic heterocycles. The Bertz CT molecular complexity index is 3340. The summed E-state index contributed by atoms with van der Waals surface area (Å²) < 4.78 is 65.1. The van der Waals surface area contributed by atoms with Gasteiger partial charge in [-0.15, -0.1) is 11.5 Å². The second kappa shape index (κ2) is 14.7. The van der Waals surface area contributed by atoms with Gasteiger partial charge in [-0.1, -0.05) is 109 Å². The Morgan fingerprint density at radius 2 is 0.689 bits per heavy atom. The van der Waals surface area contributed by atoms with Gasteiger partial charge in [0, 0.05) is 44.8 Å². The van der Waals surface area contributed by atoms with Gasteiger partial charge in [0.1, 0.15) is 20.2 Å². The standard InChI is InChI=1S/C32H16N8.C10H8O8S2.Ti/c1-2-10-18-17(9-1)25-33-26(18)38-28-21-13-5-6-14-22(21)30(35-28)40-32-24-16-8-7-15-23(24)31(36-32)39-29-20-12-4-3-11-19(20)27(34-29)37-25;11-8-3-6(19(13,14)15)1-5-2-7(20(16,17)18)4-9(12)10(5)8;/h1-16H;1-4,11-12H,(H,13,14,15)(H,16,17,18);/q-2;;+4/p-4. The molecule has 294 valence electrons. The Hall–Kier alpha value is -6.93. The van der Waals surface area contributed by atoms with E-state index in [2.05, 4.69) is 0 Å². The van der Waals surface area contributed by atoms with Crippen molar-refractivity contribution in [3.63, 3.8) is 0 Å². The van der Waals surface area contributed by atoms with Gasteiger partial charge >= 0.3 is 21.7 Å². The van der Waals surface area contributed by atoms with Gasteiger partial charge in [0.25, 0.3) is 0 Å². The second-order valence-corrected chi connectivity index (χ2v) is 16.3. The molecule has 5 heterocycles. The number of fused-ring (bicyclic) bond motifs is 21. The monoisotopic (exact) mass is 876 g/mol. The molecule has 8 bridgehead atoms. The van der Waals surface area contributed by atoms with E-state index in [-0.39, 0.29) is 21.7 Å².